The van der Waals surface area contributed by atoms with Crippen LogP contribution >= 0.6 is 23.7 Å². The van der Waals surface area contributed by atoms with Gasteiger partial charge in [0.2, 0.25) is 0 Å². The molecule has 166 valence electrons. The number of morpholine rings is 1. The Labute approximate surface area is 191 Å². The van der Waals surface area contributed by atoms with E-state index in [1.54, 1.807) is 18.2 Å². The maximum absolute atomic E-state index is 13.3. The van der Waals surface area contributed by atoms with Gasteiger partial charge in [-0.05, 0) is 25.0 Å². The molecule has 1 saturated heterocycles. The molecule has 3 heterocycles. The number of rotatable bonds is 7. The molecule has 0 spiro atoms. The van der Waals surface area contributed by atoms with Crippen molar-refractivity contribution in [1.29, 1.82) is 0 Å². The summed E-state index contributed by atoms with van der Waals surface area (Å²) in [6, 6.07) is 3.92. The van der Waals surface area contributed by atoms with Gasteiger partial charge in [0, 0.05) is 38.6 Å². The second-order valence-corrected chi connectivity index (χ2v) is 8.09. The van der Waals surface area contributed by atoms with Crippen molar-refractivity contribution in [2.45, 2.75) is 13.3 Å². The van der Waals surface area contributed by atoms with Crippen LogP contribution in [0.2, 0.25) is 0 Å². The zero-order valence-corrected chi connectivity index (χ0v) is 19.2. The number of nitrogens with zero attached hydrogens (tertiary/aromatic N) is 5. The van der Waals surface area contributed by atoms with Crippen LogP contribution in [0.15, 0.2) is 30.7 Å². The number of aromatic nitrogens is 3. The van der Waals surface area contributed by atoms with Crippen LogP contribution < -0.4 is 9.64 Å². The Morgan fingerprint density at radius 2 is 2.10 bits per heavy atom. The van der Waals surface area contributed by atoms with Gasteiger partial charge >= 0.3 is 0 Å². The molecule has 3 aromatic rings. The van der Waals surface area contributed by atoms with Gasteiger partial charge < -0.3 is 9.47 Å². The summed E-state index contributed by atoms with van der Waals surface area (Å²) >= 11 is 1.50. The number of halogens is 1. The zero-order valence-electron chi connectivity index (χ0n) is 17.6. The molecule has 0 aliphatic carbocycles. The van der Waals surface area contributed by atoms with Gasteiger partial charge in [0.25, 0.3) is 5.91 Å². The molecule has 0 N–H and O–H groups in total. The van der Waals surface area contributed by atoms with E-state index >= 15 is 0 Å². The number of fused-ring (bicyclic) bond motifs is 1. The number of ether oxygens (including phenoxy) is 2. The predicted molar refractivity (Wildman–Crippen MR) is 124 cm³/mol. The molecule has 10 heteroatoms. The second kappa shape index (κ2) is 10.8. The summed E-state index contributed by atoms with van der Waals surface area (Å²) < 4.78 is 11.9. The Bertz CT molecular complexity index is 1010. The normalized spacial score (nSPS) is 14.3. The van der Waals surface area contributed by atoms with Gasteiger partial charge in [-0.2, -0.15) is 0 Å². The zero-order chi connectivity index (χ0) is 20.9. The van der Waals surface area contributed by atoms with Crippen LogP contribution in [0.1, 0.15) is 22.5 Å². The minimum atomic E-state index is -0.194. The van der Waals surface area contributed by atoms with E-state index in [9.17, 15) is 4.79 Å². The highest BCUT2D eigenvalue weighted by Crippen LogP contribution is 2.36. The highest BCUT2D eigenvalue weighted by atomic mass is 35.5. The Hall–Kier alpha value is -2.33. The number of anilines is 1. The predicted octanol–water partition coefficient (Wildman–Crippen LogP) is 3.19. The smallest absolute Gasteiger partial charge is 0.280 e. The number of carbonyl (C=O) groups excluding carboxylic acids is 1. The lowest BCUT2D eigenvalue weighted by atomic mass is 10.2. The fraction of sp³-hybridized carbons (Fsp3) is 0.429. The Morgan fingerprint density at radius 1 is 1.29 bits per heavy atom. The first-order valence-corrected chi connectivity index (χ1v) is 10.8. The third-order valence-electron chi connectivity index (χ3n) is 5.13. The van der Waals surface area contributed by atoms with E-state index in [4.69, 9.17) is 14.5 Å². The van der Waals surface area contributed by atoms with Crippen LogP contribution in [0, 0.1) is 6.92 Å². The van der Waals surface area contributed by atoms with E-state index in [1.807, 2.05) is 19.1 Å². The lowest BCUT2D eigenvalue weighted by Gasteiger charge is -2.27. The number of methoxy groups -OCH3 is 1. The molecule has 1 aliphatic rings. The molecular weight excluding hydrogens is 438 g/mol. The standard InChI is InChI=1S/C21H25N5O3S.ClH/c1-15-4-5-17(28-2)18-19(15)30-21(24-18)26(20(27)16-14-22-6-7-23-16)9-3-8-25-10-12-29-13-11-25;/h4-7,14H,3,8-13H2,1-2H3;1H. The van der Waals surface area contributed by atoms with E-state index in [2.05, 4.69) is 14.9 Å². The summed E-state index contributed by atoms with van der Waals surface area (Å²) in [5.41, 5.74) is 2.20. The van der Waals surface area contributed by atoms with Crippen molar-refractivity contribution in [3.05, 3.63) is 42.0 Å². The molecule has 31 heavy (non-hydrogen) atoms. The lowest BCUT2D eigenvalue weighted by Crippen LogP contribution is -2.39. The minimum absolute atomic E-state index is 0. The molecule has 1 amide bonds. The summed E-state index contributed by atoms with van der Waals surface area (Å²) in [5, 5.41) is 0.648. The van der Waals surface area contributed by atoms with E-state index in [0.717, 1.165) is 55.0 Å². The summed E-state index contributed by atoms with van der Waals surface area (Å²) in [4.78, 5) is 30.4. The molecule has 2 aromatic heterocycles. The van der Waals surface area contributed by atoms with Gasteiger partial charge in [0.1, 0.15) is 17.0 Å². The minimum Gasteiger partial charge on any atom is -0.494 e. The number of amides is 1. The van der Waals surface area contributed by atoms with Crippen LogP contribution in [-0.2, 0) is 4.74 Å². The molecule has 4 rings (SSSR count). The monoisotopic (exact) mass is 463 g/mol. The quantitative estimate of drug-likeness (QED) is 0.532. The first-order chi connectivity index (χ1) is 14.7. The maximum Gasteiger partial charge on any atom is 0.280 e. The molecule has 1 aromatic carbocycles. The number of aryl methyl sites for hydroxylation is 1. The summed E-state index contributed by atoms with van der Waals surface area (Å²) in [6.45, 7) is 6.87. The van der Waals surface area contributed by atoms with Crippen molar-refractivity contribution in [3.63, 3.8) is 0 Å². The Morgan fingerprint density at radius 3 is 2.81 bits per heavy atom. The first kappa shape index (κ1) is 23.3. The van der Waals surface area contributed by atoms with Crippen molar-refractivity contribution >= 4 is 45.0 Å². The third kappa shape index (κ3) is 5.30. The Balaban J connectivity index is 0.00000272. The highest BCUT2D eigenvalue weighted by Gasteiger charge is 2.24. The van der Waals surface area contributed by atoms with E-state index in [-0.39, 0.29) is 18.3 Å². The number of carbonyl (C=O) groups is 1. The molecule has 0 radical (unpaired) electrons. The summed E-state index contributed by atoms with van der Waals surface area (Å²) in [6.07, 6.45) is 5.42. The van der Waals surface area contributed by atoms with Gasteiger partial charge in [-0.3, -0.25) is 19.6 Å². The Kier molecular flexibility index (Phi) is 8.14. The molecule has 1 fully saturated rings. The number of thiazole rings is 1. The average molecular weight is 464 g/mol. The van der Waals surface area contributed by atoms with Crippen molar-refractivity contribution < 1.29 is 14.3 Å². The van der Waals surface area contributed by atoms with Crippen LogP contribution in [0.25, 0.3) is 10.2 Å². The molecule has 0 unspecified atom stereocenters. The molecule has 0 saturated carbocycles. The van der Waals surface area contributed by atoms with Gasteiger partial charge in [0.05, 0.1) is 31.2 Å². The number of benzene rings is 1. The van der Waals surface area contributed by atoms with Crippen molar-refractivity contribution in [3.8, 4) is 5.75 Å². The number of hydrogen-bond acceptors (Lipinski definition) is 8. The van der Waals surface area contributed by atoms with Gasteiger partial charge in [-0.25, -0.2) is 9.97 Å². The molecule has 8 nitrogen and oxygen atoms in total. The van der Waals surface area contributed by atoms with Crippen LogP contribution in [-0.4, -0.2) is 72.3 Å². The van der Waals surface area contributed by atoms with Crippen molar-refractivity contribution in [2.75, 3.05) is 51.4 Å². The van der Waals surface area contributed by atoms with E-state index in [0.29, 0.717) is 23.1 Å². The summed E-state index contributed by atoms with van der Waals surface area (Å²) in [5.74, 6) is 0.513. The van der Waals surface area contributed by atoms with Crippen LogP contribution in [0.4, 0.5) is 5.13 Å². The van der Waals surface area contributed by atoms with Gasteiger partial charge in [0.15, 0.2) is 5.13 Å². The third-order valence-corrected chi connectivity index (χ3v) is 6.34. The lowest BCUT2D eigenvalue weighted by molar-refractivity contribution is 0.0376. The average Bonchev–Trinajstić information content (AvgIpc) is 3.24. The van der Waals surface area contributed by atoms with Gasteiger partial charge in [-0.15, -0.1) is 12.4 Å². The first-order valence-electron chi connectivity index (χ1n) is 9.99. The fourth-order valence-corrected chi connectivity index (χ4v) is 4.56. The van der Waals surface area contributed by atoms with Crippen LogP contribution in [0.5, 0.6) is 5.75 Å². The molecular formula is C21H26ClN5O3S. The van der Waals surface area contributed by atoms with Gasteiger partial charge in [-0.1, -0.05) is 17.4 Å². The molecule has 0 atom stereocenters. The van der Waals surface area contributed by atoms with E-state index < -0.39 is 0 Å². The van der Waals surface area contributed by atoms with E-state index in [1.165, 1.54) is 23.7 Å². The SMILES string of the molecule is COc1ccc(C)c2sc(N(CCCN3CCOCC3)C(=O)c3cnccn3)nc12.Cl. The second-order valence-electron chi connectivity index (χ2n) is 7.11. The van der Waals surface area contributed by atoms with Crippen molar-refractivity contribution in [1.82, 2.24) is 19.9 Å². The fourth-order valence-electron chi connectivity index (χ4n) is 3.49. The maximum atomic E-state index is 13.3. The molecule has 1 aliphatic heterocycles. The molecule has 0 bridgehead atoms. The largest absolute Gasteiger partial charge is 0.494 e. The van der Waals surface area contributed by atoms with Crippen LogP contribution in [0.3, 0.4) is 0 Å². The topological polar surface area (TPSA) is 80.7 Å². The number of hydrogen-bond donors (Lipinski definition) is 0. The van der Waals surface area contributed by atoms with Crippen molar-refractivity contribution in [2.24, 2.45) is 0 Å². The highest BCUT2D eigenvalue weighted by molar-refractivity contribution is 7.22. The summed E-state index contributed by atoms with van der Waals surface area (Å²) in [7, 11) is 1.63.